The molecular weight excluding hydrogens is 506 g/mol. The Morgan fingerprint density at radius 2 is 1.91 bits per heavy atom. The van der Waals surface area contributed by atoms with Crippen LogP contribution >= 0.6 is 35.0 Å². The van der Waals surface area contributed by atoms with Gasteiger partial charge in [0.2, 0.25) is 5.91 Å². The minimum atomic E-state index is -0.983. The van der Waals surface area contributed by atoms with E-state index in [1.54, 1.807) is 18.2 Å². The first-order valence-electron chi connectivity index (χ1n) is 9.93. The number of amides is 5. The molecular formula is C22H19Cl2FN4O4S. The van der Waals surface area contributed by atoms with Crippen LogP contribution in [-0.4, -0.2) is 41.1 Å². The van der Waals surface area contributed by atoms with Crippen LogP contribution in [0.15, 0.2) is 47.4 Å². The highest BCUT2D eigenvalue weighted by Gasteiger charge is 2.34. The Balaban J connectivity index is 1.58. The first-order valence-corrected chi connectivity index (χ1v) is 11.5. The summed E-state index contributed by atoms with van der Waals surface area (Å²) in [4.78, 5) is 49.7. The Kier molecular flexibility index (Phi) is 8.54. The maximum atomic E-state index is 14.1. The summed E-state index contributed by atoms with van der Waals surface area (Å²) in [5.41, 5.74) is 5.78. The van der Waals surface area contributed by atoms with Gasteiger partial charge in [0, 0.05) is 28.7 Å². The summed E-state index contributed by atoms with van der Waals surface area (Å²) in [6.45, 7) is -0.109. The fourth-order valence-electron chi connectivity index (χ4n) is 3.19. The van der Waals surface area contributed by atoms with Gasteiger partial charge in [-0.25, -0.2) is 9.18 Å². The number of hydrogen-bond acceptors (Lipinski definition) is 5. The van der Waals surface area contributed by atoms with Crippen molar-refractivity contribution in [2.75, 3.05) is 13.1 Å². The number of rotatable bonds is 8. The molecule has 2 aromatic carbocycles. The van der Waals surface area contributed by atoms with Crippen molar-refractivity contribution in [1.82, 2.24) is 15.5 Å². The van der Waals surface area contributed by atoms with Crippen LogP contribution in [0.1, 0.15) is 23.6 Å². The van der Waals surface area contributed by atoms with Crippen LogP contribution in [0, 0.1) is 5.82 Å². The Hall–Kier alpha value is -3.08. The molecule has 5 amide bonds. The van der Waals surface area contributed by atoms with Gasteiger partial charge >= 0.3 is 6.03 Å². The van der Waals surface area contributed by atoms with E-state index in [0.717, 1.165) is 16.7 Å². The molecule has 2 aromatic rings. The molecule has 1 atom stereocenters. The first kappa shape index (κ1) is 25.5. The normalized spacial score (nSPS) is 15.5. The van der Waals surface area contributed by atoms with E-state index in [4.69, 9.17) is 28.9 Å². The van der Waals surface area contributed by atoms with Gasteiger partial charge in [-0.05, 0) is 41.6 Å². The molecule has 0 radical (unpaired) electrons. The Labute approximate surface area is 208 Å². The summed E-state index contributed by atoms with van der Waals surface area (Å²) in [6.07, 6.45) is 1.21. The smallest absolute Gasteiger partial charge is 0.312 e. The SMILES string of the molecule is NC(=O)N[C@@H](CC(=O)NCCN1C(=O)S/C(=C/c2ccc(Cl)cc2Cl)C1=O)c1ccccc1F. The highest BCUT2D eigenvalue weighted by molar-refractivity contribution is 8.18. The average Bonchev–Trinajstić information content (AvgIpc) is 3.02. The number of thioether (sulfide) groups is 1. The minimum Gasteiger partial charge on any atom is -0.354 e. The second-order valence-corrected chi connectivity index (χ2v) is 8.97. The molecule has 178 valence electrons. The number of hydrogen-bond donors (Lipinski definition) is 3. The summed E-state index contributed by atoms with van der Waals surface area (Å²) in [5, 5.41) is 5.18. The van der Waals surface area contributed by atoms with Crippen molar-refractivity contribution in [1.29, 1.82) is 0 Å². The molecule has 0 aliphatic carbocycles. The van der Waals surface area contributed by atoms with Gasteiger partial charge in [0.1, 0.15) is 5.82 Å². The standard InChI is InChI=1S/C22H19Cl2FN4O4S/c23-13-6-5-12(15(24)10-13)9-18-20(31)29(22(33)34-18)8-7-27-19(30)11-17(28-21(26)32)14-3-1-2-4-16(14)25/h1-6,9-10,17H,7-8,11H2,(H,27,30)(H3,26,28,32)/b18-9+/t17-/m0/s1. The number of nitrogens with one attached hydrogen (secondary N) is 2. The van der Waals surface area contributed by atoms with Gasteiger partial charge in [0.05, 0.1) is 17.4 Å². The molecule has 0 unspecified atom stereocenters. The molecule has 0 bridgehead atoms. The van der Waals surface area contributed by atoms with Gasteiger partial charge in [0.25, 0.3) is 11.1 Å². The van der Waals surface area contributed by atoms with Crippen molar-refractivity contribution >= 4 is 64.1 Å². The van der Waals surface area contributed by atoms with Crippen molar-refractivity contribution in [2.24, 2.45) is 5.73 Å². The van der Waals surface area contributed by atoms with E-state index in [2.05, 4.69) is 10.6 Å². The molecule has 34 heavy (non-hydrogen) atoms. The lowest BCUT2D eigenvalue weighted by Crippen LogP contribution is -2.40. The fraction of sp³-hybridized carbons (Fsp3) is 0.182. The molecule has 8 nitrogen and oxygen atoms in total. The summed E-state index contributed by atoms with van der Waals surface area (Å²) in [5.74, 6) is -1.65. The third kappa shape index (κ3) is 6.49. The number of nitrogens with zero attached hydrogens (tertiary/aromatic N) is 1. The molecule has 4 N–H and O–H groups in total. The molecule has 1 heterocycles. The second-order valence-electron chi connectivity index (χ2n) is 7.14. The van der Waals surface area contributed by atoms with Crippen molar-refractivity contribution in [3.63, 3.8) is 0 Å². The van der Waals surface area contributed by atoms with Crippen LogP contribution in [0.4, 0.5) is 14.0 Å². The Morgan fingerprint density at radius 3 is 2.59 bits per heavy atom. The lowest BCUT2D eigenvalue weighted by atomic mass is 10.0. The van der Waals surface area contributed by atoms with E-state index >= 15 is 0 Å². The van der Waals surface area contributed by atoms with Crippen LogP contribution in [-0.2, 0) is 9.59 Å². The topological polar surface area (TPSA) is 122 Å². The lowest BCUT2D eigenvalue weighted by molar-refractivity contribution is -0.124. The quantitative estimate of drug-likeness (QED) is 0.449. The first-order chi connectivity index (χ1) is 16.2. The highest BCUT2D eigenvalue weighted by Crippen LogP contribution is 2.33. The molecule has 12 heteroatoms. The average molecular weight is 525 g/mol. The van der Waals surface area contributed by atoms with E-state index in [-0.39, 0.29) is 30.0 Å². The molecule has 0 spiro atoms. The van der Waals surface area contributed by atoms with Gasteiger partial charge in [0.15, 0.2) is 0 Å². The monoisotopic (exact) mass is 524 g/mol. The van der Waals surface area contributed by atoms with Gasteiger partial charge < -0.3 is 16.4 Å². The number of imide groups is 1. The van der Waals surface area contributed by atoms with Crippen LogP contribution in [0.25, 0.3) is 6.08 Å². The van der Waals surface area contributed by atoms with Gasteiger partial charge in [-0.15, -0.1) is 0 Å². The number of carbonyl (C=O) groups excluding carboxylic acids is 4. The molecule has 1 saturated heterocycles. The maximum absolute atomic E-state index is 14.1. The lowest BCUT2D eigenvalue weighted by Gasteiger charge is -2.19. The number of nitrogens with two attached hydrogens (primary N) is 1. The van der Waals surface area contributed by atoms with Crippen molar-refractivity contribution in [3.05, 3.63) is 74.4 Å². The number of carbonyl (C=O) groups is 4. The van der Waals surface area contributed by atoms with Crippen LogP contribution in [0.5, 0.6) is 0 Å². The van der Waals surface area contributed by atoms with Crippen molar-refractivity contribution < 1.29 is 23.6 Å². The van der Waals surface area contributed by atoms with Crippen molar-refractivity contribution in [2.45, 2.75) is 12.5 Å². The number of halogens is 3. The van der Waals surface area contributed by atoms with E-state index in [1.807, 2.05) is 0 Å². The largest absolute Gasteiger partial charge is 0.354 e. The summed E-state index contributed by atoms with van der Waals surface area (Å²) < 4.78 is 14.1. The number of urea groups is 1. The predicted molar refractivity (Wildman–Crippen MR) is 129 cm³/mol. The van der Waals surface area contributed by atoms with Gasteiger partial charge in [-0.2, -0.15) is 0 Å². The number of benzene rings is 2. The van der Waals surface area contributed by atoms with Gasteiger partial charge in [-0.3, -0.25) is 19.3 Å². The molecule has 0 aromatic heterocycles. The molecule has 1 aliphatic rings. The summed E-state index contributed by atoms with van der Waals surface area (Å²) in [7, 11) is 0. The van der Waals surface area contributed by atoms with E-state index in [9.17, 15) is 23.6 Å². The van der Waals surface area contributed by atoms with E-state index < -0.39 is 34.9 Å². The van der Waals surface area contributed by atoms with E-state index in [0.29, 0.717) is 15.6 Å². The predicted octanol–water partition coefficient (Wildman–Crippen LogP) is 4.08. The minimum absolute atomic E-state index is 0.0353. The second kappa shape index (κ2) is 11.4. The Morgan fingerprint density at radius 1 is 1.18 bits per heavy atom. The zero-order valence-electron chi connectivity index (χ0n) is 17.5. The maximum Gasteiger partial charge on any atom is 0.312 e. The zero-order chi connectivity index (χ0) is 24.8. The van der Waals surface area contributed by atoms with Gasteiger partial charge in [-0.1, -0.05) is 47.5 Å². The number of primary amides is 1. The van der Waals surface area contributed by atoms with Crippen LogP contribution < -0.4 is 16.4 Å². The molecule has 0 saturated carbocycles. The van der Waals surface area contributed by atoms with E-state index in [1.165, 1.54) is 30.3 Å². The molecule has 1 aliphatic heterocycles. The Bertz CT molecular complexity index is 1180. The van der Waals surface area contributed by atoms with Crippen LogP contribution in [0.2, 0.25) is 10.0 Å². The third-order valence-corrected chi connectivity index (χ3v) is 6.24. The molecule has 1 fully saturated rings. The zero-order valence-corrected chi connectivity index (χ0v) is 19.8. The summed E-state index contributed by atoms with van der Waals surface area (Å²) >= 11 is 12.7. The highest BCUT2D eigenvalue weighted by atomic mass is 35.5. The summed E-state index contributed by atoms with van der Waals surface area (Å²) in [6, 6.07) is 8.55. The van der Waals surface area contributed by atoms with Crippen LogP contribution in [0.3, 0.4) is 0 Å². The third-order valence-electron chi connectivity index (χ3n) is 4.77. The van der Waals surface area contributed by atoms with Crippen molar-refractivity contribution in [3.8, 4) is 0 Å². The molecule has 3 rings (SSSR count). The fourth-order valence-corrected chi connectivity index (χ4v) is 4.50.